The van der Waals surface area contributed by atoms with E-state index >= 15 is 0 Å². The second-order valence-electron chi connectivity index (χ2n) is 4.45. The van der Waals surface area contributed by atoms with Gasteiger partial charge < -0.3 is 5.32 Å². The van der Waals surface area contributed by atoms with Crippen LogP contribution in [-0.2, 0) is 4.79 Å². The number of amides is 1. The average Bonchev–Trinajstić information content (AvgIpc) is 2.26. The van der Waals surface area contributed by atoms with Crippen molar-refractivity contribution in [2.75, 3.05) is 6.54 Å². The van der Waals surface area contributed by atoms with Gasteiger partial charge in [-0.25, -0.2) is 0 Å². The monoisotopic (exact) mass is 217 g/mol. The number of hydrogen-bond acceptors (Lipinski definition) is 1. The zero-order valence-electron chi connectivity index (χ0n) is 10.2. The van der Waals surface area contributed by atoms with Crippen molar-refractivity contribution in [3.05, 3.63) is 42.0 Å². The fourth-order valence-corrected chi connectivity index (χ4v) is 1.29. The summed E-state index contributed by atoms with van der Waals surface area (Å²) in [6.07, 6.45) is 0. The second-order valence-corrected chi connectivity index (χ2v) is 4.45. The molecule has 1 rings (SSSR count). The first-order chi connectivity index (χ1) is 7.50. The molecular formula is C14H19NO. The first-order valence-electron chi connectivity index (χ1n) is 5.55. The second kappa shape index (κ2) is 5.50. The molecule has 0 fully saturated rings. The minimum absolute atomic E-state index is 0.0856. The summed E-state index contributed by atoms with van der Waals surface area (Å²) in [7, 11) is 0. The highest BCUT2D eigenvalue weighted by Gasteiger charge is 2.08. The standard InChI is InChI=1S/C14H19NO/c1-10(2)9-15-14(16)12(4)13-7-5-11(3)6-8-13/h5-8,10H,4,9H2,1-3H3,(H,15,16). The van der Waals surface area contributed by atoms with Crippen molar-refractivity contribution >= 4 is 11.5 Å². The van der Waals surface area contributed by atoms with Crippen LogP contribution in [0.4, 0.5) is 0 Å². The van der Waals surface area contributed by atoms with Crippen LogP contribution in [0.15, 0.2) is 30.8 Å². The molecule has 0 spiro atoms. The fourth-order valence-electron chi connectivity index (χ4n) is 1.29. The van der Waals surface area contributed by atoms with E-state index < -0.39 is 0 Å². The largest absolute Gasteiger partial charge is 0.352 e. The summed E-state index contributed by atoms with van der Waals surface area (Å²) >= 11 is 0. The summed E-state index contributed by atoms with van der Waals surface area (Å²) in [5.41, 5.74) is 2.59. The quantitative estimate of drug-likeness (QED) is 0.772. The van der Waals surface area contributed by atoms with Crippen LogP contribution >= 0.6 is 0 Å². The number of nitrogens with one attached hydrogen (secondary N) is 1. The van der Waals surface area contributed by atoms with Gasteiger partial charge in [-0.1, -0.05) is 50.3 Å². The van der Waals surface area contributed by atoms with Crippen LogP contribution in [0.3, 0.4) is 0 Å². The molecule has 1 amide bonds. The van der Waals surface area contributed by atoms with E-state index in [2.05, 4.69) is 25.7 Å². The van der Waals surface area contributed by atoms with E-state index in [0.29, 0.717) is 18.0 Å². The Kier molecular flexibility index (Phi) is 4.29. The molecule has 1 aromatic carbocycles. The number of carbonyl (C=O) groups excluding carboxylic acids is 1. The number of rotatable bonds is 4. The van der Waals surface area contributed by atoms with Crippen LogP contribution in [0.2, 0.25) is 0 Å². The van der Waals surface area contributed by atoms with E-state index in [9.17, 15) is 4.79 Å². The Morgan fingerprint density at radius 3 is 2.38 bits per heavy atom. The third-order valence-electron chi connectivity index (χ3n) is 2.34. The molecule has 2 nitrogen and oxygen atoms in total. The van der Waals surface area contributed by atoms with Gasteiger partial charge in [-0.15, -0.1) is 0 Å². The van der Waals surface area contributed by atoms with E-state index in [1.165, 1.54) is 5.56 Å². The predicted octanol–water partition coefficient (Wildman–Crippen LogP) is 2.78. The van der Waals surface area contributed by atoms with Crippen LogP contribution in [-0.4, -0.2) is 12.5 Å². The van der Waals surface area contributed by atoms with Crippen LogP contribution in [0.25, 0.3) is 5.57 Å². The van der Waals surface area contributed by atoms with Crippen molar-refractivity contribution in [1.82, 2.24) is 5.32 Å². The fraction of sp³-hybridized carbons (Fsp3) is 0.357. The van der Waals surface area contributed by atoms with Gasteiger partial charge in [0.2, 0.25) is 0 Å². The minimum Gasteiger partial charge on any atom is -0.352 e. The molecule has 86 valence electrons. The smallest absolute Gasteiger partial charge is 0.251 e. The highest BCUT2D eigenvalue weighted by Crippen LogP contribution is 2.13. The van der Waals surface area contributed by atoms with E-state index in [1.54, 1.807) is 0 Å². The number of aryl methyl sites for hydroxylation is 1. The van der Waals surface area contributed by atoms with Gasteiger partial charge >= 0.3 is 0 Å². The lowest BCUT2D eigenvalue weighted by atomic mass is 10.1. The highest BCUT2D eigenvalue weighted by molar-refractivity contribution is 6.18. The Morgan fingerprint density at radius 2 is 1.88 bits per heavy atom. The van der Waals surface area contributed by atoms with Gasteiger partial charge in [0.05, 0.1) is 0 Å². The first kappa shape index (κ1) is 12.5. The zero-order valence-corrected chi connectivity index (χ0v) is 10.2. The molecule has 0 saturated carbocycles. The SMILES string of the molecule is C=C(C(=O)NCC(C)C)c1ccc(C)cc1. The molecule has 0 atom stereocenters. The third-order valence-corrected chi connectivity index (χ3v) is 2.34. The molecule has 0 aliphatic heterocycles. The molecule has 16 heavy (non-hydrogen) atoms. The maximum Gasteiger partial charge on any atom is 0.251 e. The van der Waals surface area contributed by atoms with Gasteiger partial charge in [0.15, 0.2) is 0 Å². The molecule has 0 saturated heterocycles. The Morgan fingerprint density at radius 1 is 1.31 bits per heavy atom. The van der Waals surface area contributed by atoms with Crippen molar-refractivity contribution in [2.24, 2.45) is 5.92 Å². The Bertz CT molecular complexity index is 376. The van der Waals surface area contributed by atoms with Gasteiger partial charge in [0.1, 0.15) is 0 Å². The average molecular weight is 217 g/mol. The summed E-state index contributed by atoms with van der Waals surface area (Å²) in [6.45, 7) is 10.7. The van der Waals surface area contributed by atoms with Crippen molar-refractivity contribution in [1.29, 1.82) is 0 Å². The summed E-state index contributed by atoms with van der Waals surface area (Å²) in [5, 5.41) is 2.86. The van der Waals surface area contributed by atoms with Crippen LogP contribution in [0, 0.1) is 12.8 Å². The third kappa shape index (κ3) is 3.54. The van der Waals surface area contributed by atoms with Crippen LogP contribution in [0.5, 0.6) is 0 Å². The molecule has 0 unspecified atom stereocenters. The Hall–Kier alpha value is -1.57. The Labute approximate surface area is 97.4 Å². The zero-order chi connectivity index (χ0) is 12.1. The molecule has 0 aliphatic rings. The van der Waals surface area contributed by atoms with Crippen molar-refractivity contribution in [3.8, 4) is 0 Å². The number of benzene rings is 1. The normalized spacial score (nSPS) is 10.2. The van der Waals surface area contributed by atoms with Crippen molar-refractivity contribution in [2.45, 2.75) is 20.8 Å². The van der Waals surface area contributed by atoms with Gasteiger partial charge in [-0.3, -0.25) is 4.79 Å². The lowest BCUT2D eigenvalue weighted by Gasteiger charge is -2.09. The Balaban J connectivity index is 2.64. The number of carbonyl (C=O) groups is 1. The molecule has 0 radical (unpaired) electrons. The summed E-state index contributed by atoms with van der Waals surface area (Å²) in [4.78, 5) is 11.7. The predicted molar refractivity (Wildman–Crippen MR) is 68.1 cm³/mol. The molecule has 0 aromatic heterocycles. The number of hydrogen-bond donors (Lipinski definition) is 1. The molecule has 1 N–H and O–H groups in total. The lowest BCUT2D eigenvalue weighted by Crippen LogP contribution is -2.27. The summed E-state index contributed by atoms with van der Waals surface area (Å²) in [5.74, 6) is 0.368. The molecule has 0 heterocycles. The van der Waals surface area contributed by atoms with Gasteiger partial charge in [-0.2, -0.15) is 0 Å². The van der Waals surface area contributed by atoms with Gasteiger partial charge in [-0.05, 0) is 18.4 Å². The van der Waals surface area contributed by atoms with Crippen LogP contribution < -0.4 is 5.32 Å². The highest BCUT2D eigenvalue weighted by atomic mass is 16.1. The first-order valence-corrected chi connectivity index (χ1v) is 5.55. The van der Waals surface area contributed by atoms with E-state index in [1.807, 2.05) is 31.2 Å². The van der Waals surface area contributed by atoms with E-state index in [0.717, 1.165) is 5.56 Å². The summed E-state index contributed by atoms with van der Waals surface area (Å²) < 4.78 is 0. The molecular weight excluding hydrogens is 198 g/mol. The maximum absolute atomic E-state index is 11.7. The molecule has 0 aliphatic carbocycles. The summed E-state index contributed by atoms with van der Waals surface area (Å²) in [6, 6.07) is 7.81. The topological polar surface area (TPSA) is 29.1 Å². The maximum atomic E-state index is 11.7. The minimum atomic E-state index is -0.0856. The van der Waals surface area contributed by atoms with Crippen molar-refractivity contribution < 1.29 is 4.79 Å². The van der Waals surface area contributed by atoms with Crippen LogP contribution in [0.1, 0.15) is 25.0 Å². The van der Waals surface area contributed by atoms with Crippen molar-refractivity contribution in [3.63, 3.8) is 0 Å². The lowest BCUT2D eigenvalue weighted by molar-refractivity contribution is -0.115. The van der Waals surface area contributed by atoms with E-state index in [4.69, 9.17) is 0 Å². The van der Waals surface area contributed by atoms with Gasteiger partial charge in [0, 0.05) is 12.1 Å². The molecule has 2 heteroatoms. The molecule has 1 aromatic rings. The van der Waals surface area contributed by atoms with Gasteiger partial charge in [0.25, 0.3) is 5.91 Å². The molecule has 0 bridgehead atoms. The van der Waals surface area contributed by atoms with E-state index in [-0.39, 0.29) is 5.91 Å².